The molecule has 0 spiro atoms. The van der Waals surface area contributed by atoms with E-state index in [0.717, 1.165) is 49.9 Å². The van der Waals surface area contributed by atoms with Gasteiger partial charge in [0.25, 0.3) is 0 Å². The molecule has 0 radical (unpaired) electrons. The number of imide groups is 1. The fourth-order valence-corrected chi connectivity index (χ4v) is 4.67. The Morgan fingerprint density at radius 3 is 2.21 bits per heavy atom. The third-order valence-corrected chi connectivity index (χ3v) is 6.31. The van der Waals surface area contributed by atoms with Gasteiger partial charge in [0.15, 0.2) is 0 Å². The Kier molecular flexibility index (Phi) is 5.65. The van der Waals surface area contributed by atoms with Crippen molar-refractivity contribution < 1.29 is 19.2 Å². The van der Waals surface area contributed by atoms with Crippen molar-refractivity contribution in [1.29, 1.82) is 0 Å². The minimum Gasteiger partial charge on any atom is -0.352 e. The standard InChI is InChI=1S/C22H27N3O4/c26-19(11-13-25-21(28)17-4-1-2-5-18(17)22(25)29)23-14-15-7-9-16(10-8-15)24-12-3-6-20(24)27/h7-10,17-18H,1-6,11-14H2,(H,23,26)/t17-,18-/m1/s1. The van der Waals surface area contributed by atoms with Crippen LogP contribution in [-0.4, -0.2) is 41.6 Å². The Labute approximate surface area is 170 Å². The van der Waals surface area contributed by atoms with Crippen LogP contribution >= 0.6 is 0 Å². The summed E-state index contributed by atoms with van der Waals surface area (Å²) in [6, 6.07) is 7.60. The number of likely N-dealkylation sites (tertiary alicyclic amines) is 1. The van der Waals surface area contributed by atoms with Crippen LogP contribution in [0.4, 0.5) is 5.69 Å². The summed E-state index contributed by atoms with van der Waals surface area (Å²) in [4.78, 5) is 52.0. The molecule has 1 saturated carbocycles. The Balaban J connectivity index is 1.24. The van der Waals surface area contributed by atoms with Crippen molar-refractivity contribution in [2.24, 2.45) is 11.8 Å². The first-order chi connectivity index (χ1) is 14.0. The molecule has 1 aromatic rings. The average molecular weight is 397 g/mol. The molecule has 1 aromatic carbocycles. The zero-order valence-corrected chi connectivity index (χ0v) is 16.6. The number of fused-ring (bicyclic) bond motifs is 1. The van der Waals surface area contributed by atoms with Gasteiger partial charge in [-0.2, -0.15) is 0 Å². The lowest BCUT2D eigenvalue weighted by molar-refractivity contribution is -0.140. The first kappa shape index (κ1) is 19.6. The van der Waals surface area contributed by atoms with Gasteiger partial charge in [-0.25, -0.2) is 0 Å². The zero-order valence-electron chi connectivity index (χ0n) is 16.6. The number of nitrogens with zero attached hydrogens (tertiary/aromatic N) is 2. The molecule has 1 N–H and O–H groups in total. The minimum atomic E-state index is -0.181. The van der Waals surface area contributed by atoms with E-state index in [9.17, 15) is 19.2 Å². The average Bonchev–Trinajstić information content (AvgIpc) is 3.27. The number of amides is 4. The molecule has 0 aromatic heterocycles. The number of hydrogen-bond acceptors (Lipinski definition) is 4. The van der Waals surface area contributed by atoms with Crippen LogP contribution in [-0.2, 0) is 25.7 Å². The second kappa shape index (κ2) is 8.35. The molecule has 0 bridgehead atoms. The Morgan fingerprint density at radius 1 is 0.966 bits per heavy atom. The van der Waals surface area contributed by atoms with Gasteiger partial charge in [-0.15, -0.1) is 0 Å². The second-order valence-corrected chi connectivity index (χ2v) is 8.17. The summed E-state index contributed by atoms with van der Waals surface area (Å²) in [5.74, 6) is -0.559. The molecule has 2 saturated heterocycles. The lowest BCUT2D eigenvalue weighted by Crippen LogP contribution is -2.35. The van der Waals surface area contributed by atoms with Crippen LogP contribution in [0.25, 0.3) is 0 Å². The van der Waals surface area contributed by atoms with Gasteiger partial charge >= 0.3 is 0 Å². The van der Waals surface area contributed by atoms with Crippen molar-refractivity contribution in [3.63, 3.8) is 0 Å². The van der Waals surface area contributed by atoms with Gasteiger partial charge in [0.2, 0.25) is 23.6 Å². The summed E-state index contributed by atoms with van der Waals surface area (Å²) in [5.41, 5.74) is 1.82. The largest absolute Gasteiger partial charge is 0.352 e. The summed E-state index contributed by atoms with van der Waals surface area (Å²) in [7, 11) is 0. The number of nitrogens with one attached hydrogen (secondary N) is 1. The first-order valence-corrected chi connectivity index (χ1v) is 10.6. The molecule has 2 heterocycles. The van der Waals surface area contributed by atoms with Crippen LogP contribution < -0.4 is 10.2 Å². The van der Waals surface area contributed by atoms with Gasteiger partial charge in [-0.05, 0) is 37.0 Å². The Morgan fingerprint density at radius 2 is 1.62 bits per heavy atom. The molecule has 154 valence electrons. The molecule has 0 unspecified atom stereocenters. The van der Waals surface area contributed by atoms with Crippen LogP contribution in [0.2, 0.25) is 0 Å². The van der Waals surface area contributed by atoms with E-state index in [1.54, 1.807) is 4.90 Å². The lowest BCUT2D eigenvalue weighted by Gasteiger charge is -2.19. The van der Waals surface area contributed by atoms with Gasteiger partial charge in [0.05, 0.1) is 11.8 Å². The number of carbonyl (C=O) groups excluding carboxylic acids is 4. The second-order valence-electron chi connectivity index (χ2n) is 8.17. The number of carbonyl (C=O) groups is 4. The maximum Gasteiger partial charge on any atom is 0.233 e. The normalized spacial score (nSPS) is 24.2. The van der Waals surface area contributed by atoms with E-state index in [0.29, 0.717) is 13.0 Å². The third kappa shape index (κ3) is 4.04. The number of benzene rings is 1. The van der Waals surface area contributed by atoms with E-state index in [1.807, 2.05) is 24.3 Å². The molecule has 7 heteroatoms. The van der Waals surface area contributed by atoms with E-state index in [-0.39, 0.29) is 48.4 Å². The monoisotopic (exact) mass is 397 g/mol. The first-order valence-electron chi connectivity index (χ1n) is 10.6. The maximum absolute atomic E-state index is 12.5. The highest BCUT2D eigenvalue weighted by molar-refractivity contribution is 6.05. The lowest BCUT2D eigenvalue weighted by atomic mass is 9.81. The van der Waals surface area contributed by atoms with Crippen LogP contribution in [0.5, 0.6) is 0 Å². The van der Waals surface area contributed by atoms with Crippen LogP contribution in [0, 0.1) is 11.8 Å². The van der Waals surface area contributed by atoms with E-state index >= 15 is 0 Å². The molecule has 3 fully saturated rings. The van der Waals surface area contributed by atoms with Crippen molar-refractivity contribution in [1.82, 2.24) is 10.2 Å². The fourth-order valence-electron chi connectivity index (χ4n) is 4.67. The SMILES string of the molecule is O=C(CCN1C(=O)[C@@H]2CCCC[C@H]2C1=O)NCc1ccc(N2CCCC2=O)cc1. The highest BCUT2D eigenvalue weighted by atomic mass is 16.2. The zero-order chi connectivity index (χ0) is 20.4. The number of hydrogen-bond donors (Lipinski definition) is 1. The summed E-state index contributed by atoms with van der Waals surface area (Å²) in [6.45, 7) is 1.29. The minimum absolute atomic E-state index is 0.0976. The topological polar surface area (TPSA) is 86.8 Å². The highest BCUT2D eigenvalue weighted by Gasteiger charge is 2.47. The van der Waals surface area contributed by atoms with Crippen LogP contribution in [0.15, 0.2) is 24.3 Å². The van der Waals surface area contributed by atoms with Crippen molar-refractivity contribution in [3.8, 4) is 0 Å². The summed E-state index contributed by atoms with van der Waals surface area (Å²) in [5, 5.41) is 2.84. The van der Waals surface area contributed by atoms with Crippen molar-refractivity contribution in [2.45, 2.75) is 51.5 Å². The molecule has 29 heavy (non-hydrogen) atoms. The van der Waals surface area contributed by atoms with Gasteiger partial charge < -0.3 is 10.2 Å². The van der Waals surface area contributed by atoms with Crippen molar-refractivity contribution >= 4 is 29.3 Å². The smallest absolute Gasteiger partial charge is 0.233 e. The number of anilines is 1. The van der Waals surface area contributed by atoms with Crippen molar-refractivity contribution in [2.75, 3.05) is 18.0 Å². The number of rotatable bonds is 6. The van der Waals surface area contributed by atoms with Gasteiger partial charge in [0, 0.05) is 38.2 Å². The third-order valence-electron chi connectivity index (χ3n) is 6.31. The van der Waals surface area contributed by atoms with E-state index in [4.69, 9.17) is 0 Å². The molecule has 7 nitrogen and oxygen atoms in total. The molecule has 3 aliphatic rings. The Hall–Kier alpha value is -2.70. The molecule has 4 rings (SSSR count). The van der Waals surface area contributed by atoms with Gasteiger partial charge in [-0.3, -0.25) is 24.1 Å². The predicted octanol–water partition coefficient (Wildman–Crippen LogP) is 1.99. The molecule has 4 amide bonds. The molecular formula is C22H27N3O4. The maximum atomic E-state index is 12.5. The summed E-state index contributed by atoms with van der Waals surface area (Å²) >= 11 is 0. The van der Waals surface area contributed by atoms with Gasteiger partial charge in [-0.1, -0.05) is 25.0 Å². The van der Waals surface area contributed by atoms with Crippen LogP contribution in [0.3, 0.4) is 0 Å². The van der Waals surface area contributed by atoms with E-state index < -0.39 is 0 Å². The molecule has 2 aliphatic heterocycles. The molecular weight excluding hydrogens is 370 g/mol. The van der Waals surface area contributed by atoms with E-state index in [1.165, 1.54) is 4.90 Å². The molecule has 2 atom stereocenters. The van der Waals surface area contributed by atoms with Crippen LogP contribution in [0.1, 0.15) is 50.5 Å². The van der Waals surface area contributed by atoms with Gasteiger partial charge in [0.1, 0.15) is 0 Å². The van der Waals surface area contributed by atoms with E-state index in [2.05, 4.69) is 5.32 Å². The quantitative estimate of drug-likeness (QED) is 0.744. The summed E-state index contributed by atoms with van der Waals surface area (Å²) < 4.78 is 0. The highest BCUT2D eigenvalue weighted by Crippen LogP contribution is 2.37. The molecule has 1 aliphatic carbocycles. The van der Waals surface area contributed by atoms with Crippen molar-refractivity contribution in [3.05, 3.63) is 29.8 Å². The fraction of sp³-hybridized carbons (Fsp3) is 0.545. The summed E-state index contributed by atoms with van der Waals surface area (Å²) in [6.07, 6.45) is 5.19. The Bertz CT molecular complexity index is 796. The predicted molar refractivity (Wildman–Crippen MR) is 107 cm³/mol.